The molecule has 1 aliphatic heterocycles. The van der Waals surface area contributed by atoms with Gasteiger partial charge in [0, 0.05) is 33.0 Å². The summed E-state index contributed by atoms with van der Waals surface area (Å²) in [5.74, 6) is -1.09. The normalized spacial score (nSPS) is 18.3. The van der Waals surface area contributed by atoms with Crippen molar-refractivity contribution in [2.24, 2.45) is 0 Å². The van der Waals surface area contributed by atoms with Crippen LogP contribution >= 0.6 is 0 Å². The summed E-state index contributed by atoms with van der Waals surface area (Å²) >= 11 is 0. The minimum Gasteiger partial charge on any atom is -0.479 e. The van der Waals surface area contributed by atoms with E-state index in [9.17, 15) is 23.6 Å². The molecule has 1 aromatic rings. The fraction of sp³-hybridized carbons (Fsp3) is 0.467. The fourth-order valence-corrected chi connectivity index (χ4v) is 4.39. The van der Waals surface area contributed by atoms with Gasteiger partial charge in [-0.2, -0.15) is 9.57 Å². The molecule has 2 rings (SSSR count). The van der Waals surface area contributed by atoms with Gasteiger partial charge >= 0.3 is 5.97 Å². The van der Waals surface area contributed by atoms with Crippen LogP contribution < -0.4 is 0 Å². The van der Waals surface area contributed by atoms with Crippen molar-refractivity contribution in [3.05, 3.63) is 29.3 Å². The molecule has 1 saturated heterocycles. The summed E-state index contributed by atoms with van der Waals surface area (Å²) in [5, 5.41) is 18.5. The third kappa shape index (κ3) is 2.95. The van der Waals surface area contributed by atoms with Crippen LogP contribution in [0.2, 0.25) is 0 Å². The molecule has 0 saturated carbocycles. The SMILES string of the molecule is COC1(C(=O)O)CCN(S(=O)(=O)c2cccc(C)c2C#N)CC1. The zero-order valence-electron chi connectivity index (χ0n) is 12.9. The molecule has 23 heavy (non-hydrogen) atoms. The van der Waals surface area contributed by atoms with Crippen LogP contribution in [0.1, 0.15) is 24.0 Å². The Morgan fingerprint density at radius 1 is 1.39 bits per heavy atom. The molecular formula is C15H18N2O5S. The smallest absolute Gasteiger partial charge is 0.336 e. The maximum atomic E-state index is 12.8. The van der Waals surface area contributed by atoms with Gasteiger partial charge in [0.2, 0.25) is 10.0 Å². The molecule has 0 spiro atoms. The van der Waals surface area contributed by atoms with E-state index in [1.165, 1.54) is 17.5 Å². The lowest BCUT2D eigenvalue weighted by molar-refractivity contribution is -0.166. The summed E-state index contributed by atoms with van der Waals surface area (Å²) in [7, 11) is -2.54. The van der Waals surface area contributed by atoms with Crippen molar-refractivity contribution in [2.75, 3.05) is 20.2 Å². The first-order valence-corrected chi connectivity index (χ1v) is 8.51. The molecule has 0 radical (unpaired) electrons. The Balaban J connectivity index is 2.33. The molecule has 0 aromatic heterocycles. The van der Waals surface area contributed by atoms with Gasteiger partial charge in [-0.25, -0.2) is 13.2 Å². The lowest BCUT2D eigenvalue weighted by Gasteiger charge is -2.37. The molecule has 1 aliphatic rings. The van der Waals surface area contributed by atoms with Crippen LogP contribution in [0.25, 0.3) is 0 Å². The fourth-order valence-electron chi connectivity index (χ4n) is 2.73. The largest absolute Gasteiger partial charge is 0.479 e. The Bertz CT molecular complexity index is 759. The summed E-state index contributed by atoms with van der Waals surface area (Å²) in [5.41, 5.74) is -0.645. The molecular weight excluding hydrogens is 320 g/mol. The first kappa shape index (κ1) is 17.4. The van der Waals surface area contributed by atoms with Gasteiger partial charge in [0.25, 0.3) is 0 Å². The monoisotopic (exact) mass is 338 g/mol. The Morgan fingerprint density at radius 3 is 2.48 bits per heavy atom. The van der Waals surface area contributed by atoms with E-state index in [0.29, 0.717) is 5.56 Å². The molecule has 7 nitrogen and oxygen atoms in total. The average molecular weight is 338 g/mol. The average Bonchev–Trinajstić information content (AvgIpc) is 2.54. The number of rotatable bonds is 4. The number of carboxylic acid groups (broad SMARTS) is 1. The zero-order valence-corrected chi connectivity index (χ0v) is 13.8. The number of carbonyl (C=O) groups is 1. The van der Waals surface area contributed by atoms with Gasteiger partial charge in [-0.1, -0.05) is 12.1 Å². The summed E-state index contributed by atoms with van der Waals surface area (Å²) in [6.07, 6.45) is 0.123. The molecule has 124 valence electrons. The number of carboxylic acids is 1. The van der Waals surface area contributed by atoms with Gasteiger partial charge in [0.05, 0.1) is 5.56 Å². The number of nitrogens with zero attached hydrogens (tertiary/aromatic N) is 2. The Hall–Kier alpha value is -1.95. The molecule has 0 unspecified atom stereocenters. The van der Waals surface area contributed by atoms with Crippen LogP contribution in [0.5, 0.6) is 0 Å². The number of hydrogen-bond donors (Lipinski definition) is 1. The summed E-state index contributed by atoms with van der Waals surface area (Å²) in [6, 6.07) is 6.59. The van der Waals surface area contributed by atoms with Crippen molar-refractivity contribution in [3.8, 4) is 6.07 Å². The predicted molar refractivity (Wildman–Crippen MR) is 81.3 cm³/mol. The van der Waals surface area contributed by atoms with Crippen LogP contribution in [0, 0.1) is 18.3 Å². The van der Waals surface area contributed by atoms with E-state index < -0.39 is 21.6 Å². The van der Waals surface area contributed by atoms with Crippen LogP contribution in [-0.2, 0) is 19.6 Å². The lowest BCUT2D eigenvalue weighted by Crippen LogP contribution is -2.52. The Morgan fingerprint density at radius 2 is 2.00 bits per heavy atom. The zero-order chi connectivity index (χ0) is 17.3. The maximum absolute atomic E-state index is 12.8. The van der Waals surface area contributed by atoms with Crippen LogP contribution in [-0.4, -0.2) is 49.6 Å². The third-order valence-corrected chi connectivity index (χ3v) is 6.22. The topological polar surface area (TPSA) is 108 Å². The van der Waals surface area contributed by atoms with Crippen LogP contribution in [0.15, 0.2) is 23.1 Å². The number of nitriles is 1. The minimum atomic E-state index is -3.85. The van der Waals surface area contributed by atoms with E-state index in [1.54, 1.807) is 19.1 Å². The van der Waals surface area contributed by atoms with Gasteiger partial charge in [0.1, 0.15) is 11.0 Å². The Labute approximate surface area is 135 Å². The molecule has 1 aromatic carbocycles. The van der Waals surface area contributed by atoms with Gasteiger partial charge in [0.15, 0.2) is 5.60 Å². The van der Waals surface area contributed by atoms with E-state index in [0.717, 1.165) is 0 Å². The van der Waals surface area contributed by atoms with Crippen molar-refractivity contribution in [1.82, 2.24) is 4.31 Å². The van der Waals surface area contributed by atoms with Gasteiger partial charge < -0.3 is 9.84 Å². The standard InChI is InChI=1S/C15H18N2O5S/c1-11-4-3-5-13(12(11)10-16)23(20,21)17-8-6-15(22-2,7-9-17)14(18)19/h3-5H,6-9H2,1-2H3,(H,18,19). The van der Waals surface area contributed by atoms with Crippen molar-refractivity contribution in [2.45, 2.75) is 30.3 Å². The summed E-state index contributed by atoms with van der Waals surface area (Å²) in [6.45, 7) is 1.73. The van der Waals surface area contributed by atoms with E-state index in [4.69, 9.17) is 4.74 Å². The predicted octanol–water partition coefficient (Wildman–Crippen LogP) is 1.12. The van der Waals surface area contributed by atoms with Gasteiger partial charge in [-0.05, 0) is 18.6 Å². The van der Waals surface area contributed by atoms with Crippen molar-refractivity contribution in [1.29, 1.82) is 5.26 Å². The second-order valence-corrected chi connectivity index (χ2v) is 7.37. The lowest BCUT2D eigenvalue weighted by atomic mass is 9.92. The number of hydrogen-bond acceptors (Lipinski definition) is 5. The number of aliphatic carboxylic acids is 1. The quantitative estimate of drug-likeness (QED) is 0.881. The summed E-state index contributed by atoms with van der Waals surface area (Å²) < 4.78 is 31.9. The third-order valence-electron chi connectivity index (χ3n) is 4.27. The highest BCUT2D eigenvalue weighted by Gasteiger charge is 2.44. The van der Waals surface area contributed by atoms with E-state index in [2.05, 4.69) is 0 Å². The number of piperidine rings is 1. The maximum Gasteiger partial charge on any atom is 0.336 e. The van der Waals surface area contributed by atoms with Crippen molar-refractivity contribution < 1.29 is 23.1 Å². The van der Waals surface area contributed by atoms with Crippen molar-refractivity contribution in [3.63, 3.8) is 0 Å². The highest BCUT2D eigenvalue weighted by atomic mass is 32.2. The first-order chi connectivity index (χ1) is 10.8. The molecule has 1 heterocycles. The number of sulfonamides is 1. The minimum absolute atomic E-state index is 0.0291. The molecule has 0 atom stereocenters. The van der Waals surface area contributed by atoms with E-state index in [-0.39, 0.29) is 36.4 Å². The number of methoxy groups -OCH3 is 1. The molecule has 0 amide bonds. The van der Waals surface area contributed by atoms with Crippen molar-refractivity contribution >= 4 is 16.0 Å². The second kappa shape index (κ2) is 6.28. The second-order valence-electron chi connectivity index (χ2n) is 5.47. The number of aryl methyl sites for hydroxylation is 1. The molecule has 0 aliphatic carbocycles. The highest BCUT2D eigenvalue weighted by Crippen LogP contribution is 2.30. The van der Waals surface area contributed by atoms with Crippen LogP contribution in [0.4, 0.5) is 0 Å². The molecule has 8 heteroatoms. The Kier molecular flexibility index (Phi) is 4.75. The molecule has 0 bridgehead atoms. The van der Waals surface area contributed by atoms with Gasteiger partial charge in [-0.3, -0.25) is 0 Å². The highest BCUT2D eigenvalue weighted by molar-refractivity contribution is 7.89. The van der Waals surface area contributed by atoms with Gasteiger partial charge in [-0.15, -0.1) is 0 Å². The van der Waals surface area contributed by atoms with Crippen LogP contribution in [0.3, 0.4) is 0 Å². The number of ether oxygens (including phenoxy) is 1. The summed E-state index contributed by atoms with van der Waals surface area (Å²) in [4.78, 5) is 11.3. The van der Waals surface area contributed by atoms with E-state index >= 15 is 0 Å². The molecule has 1 fully saturated rings. The number of benzene rings is 1. The molecule has 1 N–H and O–H groups in total. The first-order valence-electron chi connectivity index (χ1n) is 7.07. The van der Waals surface area contributed by atoms with E-state index in [1.807, 2.05) is 6.07 Å².